The second-order valence-corrected chi connectivity index (χ2v) is 7.40. The van der Waals surface area contributed by atoms with Crippen molar-refractivity contribution < 1.29 is 4.74 Å². The summed E-state index contributed by atoms with van der Waals surface area (Å²) in [5.41, 5.74) is 0.841. The van der Waals surface area contributed by atoms with E-state index in [1.165, 1.54) is 16.3 Å². The highest BCUT2D eigenvalue weighted by atomic mass is 16.5. The SMILES string of the molecule is COC(Cc1ccc2ccccc2c1)(Cn1cncn1)C(C)(C)C. The van der Waals surface area contributed by atoms with Crippen molar-refractivity contribution in [3.05, 3.63) is 60.7 Å². The first-order chi connectivity index (χ1) is 11.4. The lowest BCUT2D eigenvalue weighted by Gasteiger charge is -2.43. The Bertz CT molecular complexity index is 805. The molecule has 0 radical (unpaired) electrons. The third-order valence-corrected chi connectivity index (χ3v) is 4.95. The molecule has 1 atom stereocenters. The van der Waals surface area contributed by atoms with Crippen molar-refractivity contribution in [1.29, 1.82) is 0 Å². The first-order valence-corrected chi connectivity index (χ1v) is 8.29. The molecule has 0 amide bonds. The van der Waals surface area contributed by atoms with Gasteiger partial charge in [-0.1, -0.05) is 63.2 Å². The normalized spacial score (nSPS) is 14.7. The smallest absolute Gasteiger partial charge is 0.137 e. The predicted octanol–water partition coefficient (Wildman–Crippen LogP) is 4.11. The van der Waals surface area contributed by atoms with E-state index in [1.807, 2.05) is 4.68 Å². The number of aromatic nitrogens is 3. The Hall–Kier alpha value is -2.20. The molecule has 0 bridgehead atoms. The van der Waals surface area contributed by atoms with E-state index in [1.54, 1.807) is 19.8 Å². The van der Waals surface area contributed by atoms with Crippen LogP contribution in [-0.2, 0) is 17.7 Å². The van der Waals surface area contributed by atoms with Crippen LogP contribution in [0.5, 0.6) is 0 Å². The van der Waals surface area contributed by atoms with Gasteiger partial charge in [-0.05, 0) is 21.8 Å². The summed E-state index contributed by atoms with van der Waals surface area (Å²) >= 11 is 0. The number of rotatable bonds is 5. The summed E-state index contributed by atoms with van der Waals surface area (Å²) in [7, 11) is 1.79. The Morgan fingerprint density at radius 1 is 1.04 bits per heavy atom. The molecule has 3 aromatic rings. The van der Waals surface area contributed by atoms with E-state index >= 15 is 0 Å². The van der Waals surface area contributed by atoms with Crippen LogP contribution < -0.4 is 0 Å². The van der Waals surface area contributed by atoms with E-state index in [9.17, 15) is 0 Å². The number of hydrogen-bond donors (Lipinski definition) is 0. The molecule has 1 unspecified atom stereocenters. The van der Waals surface area contributed by atoms with Gasteiger partial charge in [-0.2, -0.15) is 5.10 Å². The monoisotopic (exact) mass is 323 g/mol. The van der Waals surface area contributed by atoms with E-state index in [0.29, 0.717) is 6.54 Å². The van der Waals surface area contributed by atoms with Crippen LogP contribution in [0.25, 0.3) is 10.8 Å². The van der Waals surface area contributed by atoms with Gasteiger partial charge in [0.2, 0.25) is 0 Å². The van der Waals surface area contributed by atoms with Crippen molar-refractivity contribution in [2.45, 2.75) is 39.3 Å². The molecule has 1 aromatic heterocycles. The van der Waals surface area contributed by atoms with E-state index in [-0.39, 0.29) is 11.0 Å². The first-order valence-electron chi connectivity index (χ1n) is 8.29. The lowest BCUT2D eigenvalue weighted by Crippen LogP contribution is -2.50. The summed E-state index contributed by atoms with van der Waals surface area (Å²) in [6, 6.07) is 15.1. The second-order valence-electron chi connectivity index (χ2n) is 7.40. The summed E-state index contributed by atoms with van der Waals surface area (Å²) in [5, 5.41) is 6.80. The molecule has 4 heteroatoms. The number of ether oxygens (including phenoxy) is 1. The van der Waals surface area contributed by atoms with E-state index < -0.39 is 0 Å². The van der Waals surface area contributed by atoms with Crippen LogP contribution in [0.15, 0.2) is 55.1 Å². The third-order valence-electron chi connectivity index (χ3n) is 4.95. The fraction of sp³-hybridized carbons (Fsp3) is 0.400. The van der Waals surface area contributed by atoms with Gasteiger partial charge in [0, 0.05) is 13.5 Å². The maximum Gasteiger partial charge on any atom is 0.137 e. The highest BCUT2D eigenvalue weighted by Crippen LogP contribution is 2.38. The van der Waals surface area contributed by atoms with Crippen LogP contribution in [0, 0.1) is 5.41 Å². The van der Waals surface area contributed by atoms with Gasteiger partial charge in [-0.25, -0.2) is 4.98 Å². The zero-order valence-electron chi connectivity index (χ0n) is 14.9. The van der Waals surface area contributed by atoms with Gasteiger partial charge in [0.15, 0.2) is 0 Å². The van der Waals surface area contributed by atoms with Gasteiger partial charge in [0.1, 0.15) is 12.7 Å². The Labute approximate surface area is 143 Å². The van der Waals surface area contributed by atoms with Crippen molar-refractivity contribution in [3.8, 4) is 0 Å². The van der Waals surface area contributed by atoms with Gasteiger partial charge < -0.3 is 4.74 Å². The molecule has 0 spiro atoms. The van der Waals surface area contributed by atoms with Gasteiger partial charge in [0.05, 0.1) is 12.1 Å². The minimum atomic E-state index is -0.372. The lowest BCUT2D eigenvalue weighted by molar-refractivity contribution is -0.105. The van der Waals surface area contributed by atoms with Crippen LogP contribution in [0.1, 0.15) is 26.3 Å². The molecular weight excluding hydrogens is 298 g/mol. The van der Waals surface area contributed by atoms with Gasteiger partial charge in [-0.15, -0.1) is 0 Å². The molecule has 1 heterocycles. The maximum atomic E-state index is 6.10. The second kappa shape index (κ2) is 6.36. The molecule has 0 aliphatic rings. The predicted molar refractivity (Wildman–Crippen MR) is 96.9 cm³/mol. The number of hydrogen-bond acceptors (Lipinski definition) is 3. The highest BCUT2D eigenvalue weighted by molar-refractivity contribution is 5.83. The van der Waals surface area contributed by atoms with E-state index in [0.717, 1.165) is 6.42 Å². The quantitative estimate of drug-likeness (QED) is 0.709. The third kappa shape index (κ3) is 3.20. The molecule has 2 aromatic carbocycles. The van der Waals surface area contributed by atoms with Crippen molar-refractivity contribution in [2.24, 2.45) is 5.41 Å². The average molecular weight is 323 g/mol. The van der Waals surface area contributed by atoms with Gasteiger partial charge in [-0.3, -0.25) is 4.68 Å². The van der Waals surface area contributed by atoms with Crippen molar-refractivity contribution in [2.75, 3.05) is 7.11 Å². The fourth-order valence-electron chi connectivity index (χ4n) is 3.26. The molecule has 0 fully saturated rings. The van der Waals surface area contributed by atoms with Crippen LogP contribution in [0.3, 0.4) is 0 Å². The Balaban J connectivity index is 1.98. The number of benzene rings is 2. The summed E-state index contributed by atoms with van der Waals surface area (Å²) in [6.07, 6.45) is 4.14. The lowest BCUT2D eigenvalue weighted by atomic mass is 9.72. The molecule has 0 N–H and O–H groups in total. The maximum absolute atomic E-state index is 6.10. The molecule has 0 saturated heterocycles. The number of nitrogens with zero attached hydrogens (tertiary/aromatic N) is 3. The van der Waals surface area contributed by atoms with E-state index in [2.05, 4.69) is 73.3 Å². The standard InChI is InChI=1S/C20H25N3O/c1-19(2,3)20(24-4,13-23-15-21-14-22-23)12-16-9-10-17-7-5-6-8-18(17)11-16/h5-11,14-15H,12-13H2,1-4H3. The topological polar surface area (TPSA) is 39.9 Å². The van der Waals surface area contributed by atoms with Crippen molar-refractivity contribution in [3.63, 3.8) is 0 Å². The summed E-state index contributed by atoms with van der Waals surface area (Å²) in [4.78, 5) is 4.07. The largest absolute Gasteiger partial charge is 0.375 e. The Morgan fingerprint density at radius 3 is 2.42 bits per heavy atom. The zero-order chi connectivity index (χ0) is 17.2. The van der Waals surface area contributed by atoms with Crippen molar-refractivity contribution >= 4 is 10.8 Å². The first kappa shape index (κ1) is 16.7. The number of fused-ring (bicyclic) bond motifs is 1. The van der Waals surface area contributed by atoms with E-state index in [4.69, 9.17) is 4.74 Å². The molecule has 0 aliphatic carbocycles. The van der Waals surface area contributed by atoms with Crippen LogP contribution in [-0.4, -0.2) is 27.5 Å². The highest BCUT2D eigenvalue weighted by Gasteiger charge is 2.43. The molecule has 4 nitrogen and oxygen atoms in total. The molecule has 24 heavy (non-hydrogen) atoms. The number of methoxy groups -OCH3 is 1. The van der Waals surface area contributed by atoms with Crippen LogP contribution >= 0.6 is 0 Å². The Kier molecular flexibility index (Phi) is 4.41. The molecule has 126 valence electrons. The van der Waals surface area contributed by atoms with Gasteiger partial charge in [0.25, 0.3) is 0 Å². The van der Waals surface area contributed by atoms with Crippen LogP contribution in [0.2, 0.25) is 0 Å². The summed E-state index contributed by atoms with van der Waals surface area (Å²) in [6.45, 7) is 7.32. The molecule has 0 saturated carbocycles. The minimum Gasteiger partial charge on any atom is -0.375 e. The summed E-state index contributed by atoms with van der Waals surface area (Å²) in [5.74, 6) is 0. The van der Waals surface area contributed by atoms with Crippen LogP contribution in [0.4, 0.5) is 0 Å². The fourth-order valence-corrected chi connectivity index (χ4v) is 3.26. The molecule has 3 rings (SSSR count). The van der Waals surface area contributed by atoms with Crippen molar-refractivity contribution in [1.82, 2.24) is 14.8 Å². The average Bonchev–Trinajstić information content (AvgIpc) is 3.06. The summed E-state index contributed by atoms with van der Waals surface area (Å²) < 4.78 is 7.96. The van der Waals surface area contributed by atoms with Gasteiger partial charge >= 0.3 is 0 Å². The zero-order valence-corrected chi connectivity index (χ0v) is 14.9. The molecule has 0 aliphatic heterocycles. The molecular formula is C20H25N3O. The Morgan fingerprint density at radius 2 is 1.79 bits per heavy atom. The minimum absolute atomic E-state index is 0.0562.